The molecule has 0 bridgehead atoms. The second-order valence-electron chi connectivity index (χ2n) is 7.61. The molecule has 0 unspecified atom stereocenters. The monoisotopic (exact) mass is 500 g/mol. The molecule has 0 aliphatic heterocycles. The van der Waals surface area contributed by atoms with Gasteiger partial charge in [0.05, 0.1) is 17.1 Å². The Balaban J connectivity index is 1.87. The summed E-state index contributed by atoms with van der Waals surface area (Å²) in [6, 6.07) is 13.2. The number of aromatic carboxylic acids is 1. The van der Waals surface area contributed by atoms with Crippen molar-refractivity contribution in [1.82, 2.24) is 4.98 Å². The summed E-state index contributed by atoms with van der Waals surface area (Å²) in [7, 11) is -1.81. The number of carbonyl (C=O) groups excluding carboxylic acids is 1. The number of ether oxygens (including phenoxy) is 3. The van der Waals surface area contributed by atoms with Crippen molar-refractivity contribution in [2.75, 3.05) is 25.3 Å². The normalized spacial score (nSPS) is 12.0. The van der Waals surface area contributed by atoms with Crippen LogP contribution < -0.4 is 14.8 Å². The van der Waals surface area contributed by atoms with E-state index in [4.69, 9.17) is 19.3 Å². The summed E-state index contributed by atoms with van der Waals surface area (Å²) in [5.41, 5.74) is 0.182. The lowest BCUT2D eigenvalue weighted by molar-refractivity contribution is 0.0696. The summed E-state index contributed by atoms with van der Waals surface area (Å²) in [4.78, 5) is 28.0. The Morgan fingerprint density at radius 1 is 1.00 bits per heavy atom. The SMILES string of the molecule is COC[C@H](C)Oc1cc(Oc2ccc(S(C)(=O)=O)cc2)cc(C(=O)Nc2ccc(C(=O)O)cn2)c1. The van der Waals surface area contributed by atoms with Gasteiger partial charge in [0, 0.05) is 31.2 Å². The third-order valence-electron chi connectivity index (χ3n) is 4.62. The third-order valence-corrected chi connectivity index (χ3v) is 5.75. The van der Waals surface area contributed by atoms with Crippen LogP contribution in [0.15, 0.2) is 65.7 Å². The minimum absolute atomic E-state index is 0.0110. The number of hydrogen-bond donors (Lipinski definition) is 2. The van der Waals surface area contributed by atoms with Gasteiger partial charge in [-0.1, -0.05) is 0 Å². The molecule has 0 aliphatic rings. The molecule has 1 aromatic heterocycles. The standard InChI is InChI=1S/C24H24N2O8S/c1-15(14-32-2)33-19-10-17(23(27)26-22-9-4-16(13-25-22)24(28)29)11-20(12-19)34-18-5-7-21(8-6-18)35(3,30)31/h4-13,15H,14H2,1-3H3,(H,28,29)(H,25,26,27)/t15-/m0/s1. The molecule has 1 heterocycles. The second kappa shape index (κ2) is 11.0. The Kier molecular flexibility index (Phi) is 8.05. The first-order chi connectivity index (χ1) is 16.5. The van der Waals surface area contributed by atoms with Gasteiger partial charge in [0.2, 0.25) is 0 Å². The molecule has 11 heteroatoms. The zero-order valence-corrected chi connectivity index (χ0v) is 20.0. The van der Waals surface area contributed by atoms with E-state index in [1.165, 1.54) is 48.5 Å². The van der Waals surface area contributed by atoms with Crippen LogP contribution in [0.25, 0.3) is 0 Å². The van der Waals surface area contributed by atoms with Gasteiger partial charge in [0.15, 0.2) is 9.84 Å². The van der Waals surface area contributed by atoms with Gasteiger partial charge in [-0.3, -0.25) is 4.79 Å². The van der Waals surface area contributed by atoms with Gasteiger partial charge in [-0.2, -0.15) is 0 Å². The van der Waals surface area contributed by atoms with Crippen LogP contribution in [0.5, 0.6) is 17.2 Å². The molecule has 0 radical (unpaired) electrons. The number of sulfone groups is 1. The fourth-order valence-corrected chi connectivity index (χ4v) is 3.64. The van der Waals surface area contributed by atoms with Crippen LogP contribution >= 0.6 is 0 Å². The molecule has 0 aliphatic carbocycles. The highest BCUT2D eigenvalue weighted by Crippen LogP contribution is 2.29. The number of amides is 1. The zero-order valence-electron chi connectivity index (χ0n) is 19.2. The van der Waals surface area contributed by atoms with E-state index in [9.17, 15) is 18.0 Å². The average molecular weight is 501 g/mol. The van der Waals surface area contributed by atoms with E-state index in [1.807, 2.05) is 0 Å². The maximum atomic E-state index is 12.9. The smallest absolute Gasteiger partial charge is 0.337 e. The molecule has 1 atom stereocenters. The zero-order chi connectivity index (χ0) is 25.6. The number of carboxylic acids is 1. The second-order valence-corrected chi connectivity index (χ2v) is 9.63. The van der Waals surface area contributed by atoms with Crippen LogP contribution in [0.4, 0.5) is 5.82 Å². The van der Waals surface area contributed by atoms with Crippen molar-refractivity contribution in [3.8, 4) is 17.2 Å². The van der Waals surface area contributed by atoms with Crippen molar-refractivity contribution in [3.63, 3.8) is 0 Å². The van der Waals surface area contributed by atoms with E-state index < -0.39 is 21.7 Å². The Morgan fingerprint density at radius 2 is 1.69 bits per heavy atom. The molecule has 3 rings (SSSR count). The minimum Gasteiger partial charge on any atom is -0.488 e. The Morgan fingerprint density at radius 3 is 2.26 bits per heavy atom. The largest absolute Gasteiger partial charge is 0.488 e. The number of anilines is 1. The van der Waals surface area contributed by atoms with Crippen LogP contribution in [0.1, 0.15) is 27.6 Å². The number of nitrogens with zero attached hydrogens (tertiary/aromatic N) is 1. The van der Waals surface area contributed by atoms with Crippen LogP contribution in [-0.4, -0.2) is 56.5 Å². The molecule has 3 aromatic rings. The first kappa shape index (κ1) is 25.7. The van der Waals surface area contributed by atoms with Crippen molar-refractivity contribution < 1.29 is 37.3 Å². The number of hydrogen-bond acceptors (Lipinski definition) is 8. The van der Waals surface area contributed by atoms with E-state index in [-0.39, 0.29) is 33.7 Å². The number of benzene rings is 2. The van der Waals surface area contributed by atoms with Crippen LogP contribution in [0, 0.1) is 0 Å². The van der Waals surface area contributed by atoms with Gasteiger partial charge in [-0.15, -0.1) is 0 Å². The van der Waals surface area contributed by atoms with Gasteiger partial charge in [-0.05, 0) is 55.5 Å². The molecule has 0 saturated carbocycles. The van der Waals surface area contributed by atoms with E-state index >= 15 is 0 Å². The summed E-state index contributed by atoms with van der Waals surface area (Å²) >= 11 is 0. The summed E-state index contributed by atoms with van der Waals surface area (Å²) in [6.45, 7) is 2.12. The molecule has 184 valence electrons. The summed E-state index contributed by atoms with van der Waals surface area (Å²) < 4.78 is 40.1. The maximum absolute atomic E-state index is 12.9. The highest BCUT2D eigenvalue weighted by molar-refractivity contribution is 7.90. The van der Waals surface area contributed by atoms with Gasteiger partial charge in [0.1, 0.15) is 29.2 Å². The topological polar surface area (TPSA) is 141 Å². The molecule has 0 fully saturated rings. The molecule has 0 saturated heterocycles. The average Bonchev–Trinajstić information content (AvgIpc) is 2.79. The molecule has 1 amide bonds. The number of carbonyl (C=O) groups is 2. The fraction of sp³-hybridized carbons (Fsp3) is 0.208. The molecule has 2 aromatic carbocycles. The third kappa shape index (κ3) is 7.26. The van der Waals surface area contributed by atoms with Crippen molar-refractivity contribution in [1.29, 1.82) is 0 Å². The number of nitrogens with one attached hydrogen (secondary N) is 1. The number of pyridine rings is 1. The summed E-state index contributed by atoms with van der Waals surface area (Å²) in [6.07, 6.45) is 1.93. The first-order valence-corrected chi connectivity index (χ1v) is 12.2. The molecule has 0 spiro atoms. The Labute approximate surface area is 202 Å². The van der Waals surface area contributed by atoms with E-state index in [0.717, 1.165) is 12.5 Å². The molecule has 10 nitrogen and oxygen atoms in total. The first-order valence-electron chi connectivity index (χ1n) is 10.3. The van der Waals surface area contributed by atoms with E-state index in [0.29, 0.717) is 18.1 Å². The lowest BCUT2D eigenvalue weighted by atomic mass is 10.1. The summed E-state index contributed by atoms with van der Waals surface area (Å²) in [5.74, 6) is -0.508. The number of aromatic nitrogens is 1. The van der Waals surface area contributed by atoms with E-state index in [1.54, 1.807) is 20.1 Å². The number of methoxy groups -OCH3 is 1. The highest BCUT2D eigenvalue weighted by Gasteiger charge is 2.15. The van der Waals surface area contributed by atoms with Gasteiger partial charge < -0.3 is 24.6 Å². The molecule has 2 N–H and O–H groups in total. The van der Waals surface area contributed by atoms with Crippen LogP contribution in [-0.2, 0) is 14.6 Å². The quantitative estimate of drug-likeness (QED) is 0.427. The van der Waals surface area contributed by atoms with E-state index in [2.05, 4.69) is 10.3 Å². The minimum atomic E-state index is -3.35. The van der Waals surface area contributed by atoms with Crippen molar-refractivity contribution in [2.24, 2.45) is 0 Å². The lowest BCUT2D eigenvalue weighted by Gasteiger charge is -2.16. The predicted molar refractivity (Wildman–Crippen MR) is 127 cm³/mol. The van der Waals surface area contributed by atoms with Crippen molar-refractivity contribution >= 4 is 27.5 Å². The van der Waals surface area contributed by atoms with Crippen LogP contribution in [0.3, 0.4) is 0 Å². The van der Waals surface area contributed by atoms with Crippen molar-refractivity contribution in [2.45, 2.75) is 17.9 Å². The van der Waals surface area contributed by atoms with Gasteiger partial charge >= 0.3 is 5.97 Å². The molecular weight excluding hydrogens is 476 g/mol. The Hall–Kier alpha value is -3.96. The highest BCUT2D eigenvalue weighted by atomic mass is 32.2. The molecular formula is C24H24N2O8S. The van der Waals surface area contributed by atoms with Crippen molar-refractivity contribution in [3.05, 3.63) is 71.9 Å². The number of rotatable bonds is 10. The number of carboxylic acid groups (broad SMARTS) is 1. The van der Waals surface area contributed by atoms with Gasteiger partial charge in [0.25, 0.3) is 5.91 Å². The Bertz CT molecular complexity index is 1310. The molecule has 35 heavy (non-hydrogen) atoms. The van der Waals surface area contributed by atoms with Crippen LogP contribution in [0.2, 0.25) is 0 Å². The fourth-order valence-electron chi connectivity index (χ4n) is 3.00. The predicted octanol–water partition coefficient (Wildman–Crippen LogP) is 3.64. The lowest BCUT2D eigenvalue weighted by Crippen LogP contribution is -2.19. The maximum Gasteiger partial charge on any atom is 0.337 e. The summed E-state index contributed by atoms with van der Waals surface area (Å²) in [5, 5.41) is 11.6. The van der Waals surface area contributed by atoms with Gasteiger partial charge in [-0.25, -0.2) is 18.2 Å².